The third kappa shape index (κ3) is 8.81. The van der Waals surface area contributed by atoms with Gasteiger partial charge in [-0.15, -0.1) is 0 Å². The van der Waals surface area contributed by atoms with Gasteiger partial charge >= 0.3 is 0 Å². The zero-order valence-corrected chi connectivity index (χ0v) is 20.0. The van der Waals surface area contributed by atoms with Crippen LogP contribution in [0.3, 0.4) is 0 Å². The number of hydrogen-bond acceptors (Lipinski definition) is 2. The lowest BCUT2D eigenvalue weighted by Crippen LogP contribution is -2.25. The standard InChI is InChI=1S/C30H39FN2/c31-30(23-33)9-3-1-2-6-25-14-18-28(19-15-25)29-20-16-26(17-21-29)8-5-4-7-24-10-12-27(22-32)13-11-24/h1,3,9-13,25-26,28-29H,2,4-8,14-21H2/b3-1+,30-9-. The topological polar surface area (TPSA) is 47.6 Å². The van der Waals surface area contributed by atoms with Crippen LogP contribution in [0, 0.1) is 46.3 Å². The highest BCUT2D eigenvalue weighted by Gasteiger charge is 2.30. The van der Waals surface area contributed by atoms with Crippen LogP contribution in [0.4, 0.5) is 4.39 Å². The number of rotatable bonds is 10. The third-order valence-electron chi connectivity index (χ3n) is 8.09. The van der Waals surface area contributed by atoms with Crippen LogP contribution >= 0.6 is 0 Å². The van der Waals surface area contributed by atoms with Crippen LogP contribution in [0.1, 0.15) is 94.6 Å². The predicted molar refractivity (Wildman–Crippen MR) is 133 cm³/mol. The summed E-state index contributed by atoms with van der Waals surface area (Å²) in [6, 6.07) is 11.8. The summed E-state index contributed by atoms with van der Waals surface area (Å²) < 4.78 is 12.8. The molecule has 2 aliphatic carbocycles. The summed E-state index contributed by atoms with van der Waals surface area (Å²) >= 11 is 0. The van der Waals surface area contributed by atoms with E-state index in [0.717, 1.165) is 42.1 Å². The fourth-order valence-electron chi connectivity index (χ4n) is 6.02. The van der Waals surface area contributed by atoms with Crippen LogP contribution < -0.4 is 0 Å². The Kier molecular flexibility index (Phi) is 10.7. The molecule has 0 heterocycles. The largest absolute Gasteiger partial charge is 0.199 e. The molecule has 0 aliphatic heterocycles. The Balaban J connectivity index is 1.24. The highest BCUT2D eigenvalue weighted by Crippen LogP contribution is 2.43. The molecule has 176 valence electrons. The number of aryl methyl sites for hydroxylation is 1. The zero-order chi connectivity index (χ0) is 23.3. The molecule has 0 N–H and O–H groups in total. The molecule has 0 amide bonds. The smallest absolute Gasteiger partial charge is 0.195 e. The van der Waals surface area contributed by atoms with Crippen molar-refractivity contribution in [1.29, 1.82) is 10.5 Å². The first-order valence-electron chi connectivity index (χ1n) is 13.1. The molecule has 0 spiro atoms. The van der Waals surface area contributed by atoms with Crippen LogP contribution in [0.25, 0.3) is 0 Å². The van der Waals surface area contributed by atoms with Gasteiger partial charge in [-0.05, 0) is 98.8 Å². The summed E-state index contributed by atoms with van der Waals surface area (Å²) in [5.41, 5.74) is 2.11. The van der Waals surface area contributed by atoms with Crippen LogP contribution in [0.5, 0.6) is 0 Å². The van der Waals surface area contributed by atoms with Crippen molar-refractivity contribution < 1.29 is 4.39 Å². The summed E-state index contributed by atoms with van der Waals surface area (Å²) in [5.74, 6) is 2.94. The van der Waals surface area contributed by atoms with Crippen LogP contribution in [-0.2, 0) is 6.42 Å². The molecule has 1 aromatic carbocycles. The minimum absolute atomic E-state index is 0.718. The Morgan fingerprint density at radius 3 is 2.03 bits per heavy atom. The second-order valence-corrected chi connectivity index (χ2v) is 10.2. The van der Waals surface area contributed by atoms with Gasteiger partial charge in [-0.2, -0.15) is 14.9 Å². The molecule has 2 aliphatic rings. The van der Waals surface area contributed by atoms with Gasteiger partial charge in [0, 0.05) is 0 Å². The second-order valence-electron chi connectivity index (χ2n) is 10.2. The molecule has 0 radical (unpaired) electrons. The van der Waals surface area contributed by atoms with Crippen molar-refractivity contribution in [3.05, 3.63) is 59.4 Å². The molecule has 3 heteroatoms. The van der Waals surface area contributed by atoms with Crippen LogP contribution in [0.15, 0.2) is 48.3 Å². The number of unbranched alkanes of at least 4 members (excludes halogenated alkanes) is 1. The van der Waals surface area contributed by atoms with E-state index in [-0.39, 0.29) is 0 Å². The molecule has 2 saturated carbocycles. The predicted octanol–water partition coefficient (Wildman–Crippen LogP) is 8.60. The first kappa shape index (κ1) is 25.2. The maximum absolute atomic E-state index is 12.8. The molecule has 33 heavy (non-hydrogen) atoms. The lowest BCUT2D eigenvalue weighted by atomic mass is 9.68. The van der Waals surface area contributed by atoms with Crippen molar-refractivity contribution in [2.45, 2.75) is 89.9 Å². The lowest BCUT2D eigenvalue weighted by molar-refractivity contribution is 0.140. The van der Waals surface area contributed by atoms with E-state index >= 15 is 0 Å². The number of nitrogens with zero attached hydrogens (tertiary/aromatic N) is 2. The SMILES string of the molecule is N#C/C(F)=C/C=C/CCC1CCC(C2CCC(CCCCc3ccc(C#N)cc3)CC2)CC1. The Morgan fingerprint density at radius 1 is 0.848 bits per heavy atom. The molecule has 2 fully saturated rings. The van der Waals surface area contributed by atoms with Crippen molar-refractivity contribution in [1.82, 2.24) is 0 Å². The summed E-state index contributed by atoms with van der Waals surface area (Å²) in [4.78, 5) is 0. The Morgan fingerprint density at radius 2 is 1.45 bits per heavy atom. The number of nitriles is 2. The number of hydrogen-bond donors (Lipinski definition) is 0. The van der Waals surface area contributed by atoms with Crippen LogP contribution in [-0.4, -0.2) is 0 Å². The summed E-state index contributed by atoms with van der Waals surface area (Å²) in [6.07, 6.45) is 23.5. The number of benzene rings is 1. The van der Waals surface area contributed by atoms with Crippen LogP contribution in [0.2, 0.25) is 0 Å². The van der Waals surface area contributed by atoms with Gasteiger partial charge in [-0.25, -0.2) is 0 Å². The van der Waals surface area contributed by atoms with Crippen molar-refractivity contribution in [3.8, 4) is 12.1 Å². The van der Waals surface area contributed by atoms with Gasteiger partial charge in [0.25, 0.3) is 0 Å². The summed E-state index contributed by atoms with van der Waals surface area (Å²) in [7, 11) is 0. The normalized spacial score (nSPS) is 26.1. The Labute approximate surface area is 200 Å². The molecule has 0 bridgehead atoms. The van der Waals surface area contributed by atoms with E-state index in [0.29, 0.717) is 0 Å². The van der Waals surface area contributed by atoms with Gasteiger partial charge in [0.05, 0.1) is 11.6 Å². The van der Waals surface area contributed by atoms with Gasteiger partial charge in [-0.1, -0.05) is 62.8 Å². The third-order valence-corrected chi connectivity index (χ3v) is 8.09. The lowest BCUT2D eigenvalue weighted by Gasteiger charge is -2.38. The van der Waals surface area contributed by atoms with E-state index in [2.05, 4.69) is 18.2 Å². The number of allylic oxidation sites excluding steroid dienone is 4. The first-order chi connectivity index (χ1) is 16.2. The molecular formula is C30H39FN2. The fraction of sp³-hybridized carbons (Fsp3) is 0.600. The Bertz CT molecular complexity index is 839. The van der Waals surface area contributed by atoms with Gasteiger partial charge in [0.2, 0.25) is 0 Å². The molecule has 0 atom stereocenters. The number of halogens is 1. The first-order valence-corrected chi connectivity index (χ1v) is 13.1. The maximum Gasteiger partial charge on any atom is 0.199 e. The van der Waals surface area contributed by atoms with Gasteiger partial charge in [0.1, 0.15) is 6.07 Å². The average molecular weight is 447 g/mol. The van der Waals surface area contributed by atoms with Crippen molar-refractivity contribution in [2.75, 3.05) is 0 Å². The summed E-state index contributed by atoms with van der Waals surface area (Å²) in [5, 5.41) is 17.3. The second kappa shape index (κ2) is 14.0. The Hall–Kier alpha value is -2.39. The van der Waals surface area contributed by atoms with Crippen molar-refractivity contribution in [3.63, 3.8) is 0 Å². The highest BCUT2D eigenvalue weighted by molar-refractivity contribution is 5.31. The van der Waals surface area contributed by atoms with Crippen molar-refractivity contribution in [2.24, 2.45) is 23.7 Å². The van der Waals surface area contributed by atoms with E-state index in [1.165, 1.54) is 94.8 Å². The van der Waals surface area contributed by atoms with E-state index in [1.807, 2.05) is 18.2 Å². The van der Waals surface area contributed by atoms with E-state index in [9.17, 15) is 4.39 Å². The fourth-order valence-corrected chi connectivity index (χ4v) is 6.02. The van der Waals surface area contributed by atoms with Gasteiger partial charge in [-0.3, -0.25) is 0 Å². The van der Waals surface area contributed by atoms with E-state index < -0.39 is 5.83 Å². The van der Waals surface area contributed by atoms with E-state index in [1.54, 1.807) is 6.08 Å². The average Bonchev–Trinajstić information content (AvgIpc) is 2.87. The molecule has 3 rings (SSSR count). The van der Waals surface area contributed by atoms with Gasteiger partial charge in [0.15, 0.2) is 5.83 Å². The minimum atomic E-state index is -0.718. The maximum atomic E-state index is 12.8. The molecule has 0 unspecified atom stereocenters. The minimum Gasteiger partial charge on any atom is -0.195 e. The molecular weight excluding hydrogens is 407 g/mol. The van der Waals surface area contributed by atoms with Crippen molar-refractivity contribution >= 4 is 0 Å². The molecule has 0 saturated heterocycles. The quantitative estimate of drug-likeness (QED) is 0.205. The monoisotopic (exact) mass is 446 g/mol. The molecule has 0 aromatic heterocycles. The molecule has 1 aromatic rings. The highest BCUT2D eigenvalue weighted by atomic mass is 19.1. The molecule has 2 nitrogen and oxygen atoms in total. The zero-order valence-electron chi connectivity index (χ0n) is 20.0. The van der Waals surface area contributed by atoms with E-state index in [4.69, 9.17) is 10.5 Å². The van der Waals surface area contributed by atoms with Gasteiger partial charge < -0.3 is 0 Å². The summed E-state index contributed by atoms with van der Waals surface area (Å²) in [6.45, 7) is 0.